The summed E-state index contributed by atoms with van der Waals surface area (Å²) in [5.74, 6) is -1.09. The van der Waals surface area contributed by atoms with E-state index in [9.17, 15) is 19.2 Å². The Kier molecular flexibility index (Phi) is 5.65. The fraction of sp³-hybridized carbons (Fsp3) is 0.227. The SMILES string of the molecule is CCC(=O)Nc1ccc(C(=O)CN2C(=O)N[C@@](C)(c3ccc(C#N)cc3)C2=O)cc1. The summed E-state index contributed by atoms with van der Waals surface area (Å²) in [5, 5.41) is 14.2. The number of hydrogen-bond donors (Lipinski definition) is 2. The number of imide groups is 1. The summed E-state index contributed by atoms with van der Waals surface area (Å²) in [6.45, 7) is 2.89. The zero-order valence-electron chi connectivity index (χ0n) is 16.6. The van der Waals surface area contributed by atoms with E-state index in [1.54, 1.807) is 50.2 Å². The highest BCUT2D eigenvalue weighted by Crippen LogP contribution is 2.29. The standard InChI is InChI=1S/C22H20N4O4/c1-3-19(28)24-17-10-6-15(7-11-17)18(27)13-26-20(29)22(2,25-21(26)30)16-8-4-14(12-23)5-9-16/h4-11H,3,13H2,1-2H3,(H,24,28)(H,25,30)/t22-/m0/s1. The fourth-order valence-electron chi connectivity index (χ4n) is 3.14. The number of urea groups is 1. The molecule has 0 bridgehead atoms. The summed E-state index contributed by atoms with van der Waals surface area (Å²) in [5.41, 5.74) is 0.508. The summed E-state index contributed by atoms with van der Waals surface area (Å²) in [7, 11) is 0. The van der Waals surface area contributed by atoms with Crippen molar-refractivity contribution in [1.82, 2.24) is 10.2 Å². The topological polar surface area (TPSA) is 119 Å². The Bertz CT molecular complexity index is 1050. The van der Waals surface area contributed by atoms with Crippen LogP contribution in [0.3, 0.4) is 0 Å². The lowest BCUT2D eigenvalue weighted by atomic mass is 9.91. The van der Waals surface area contributed by atoms with Crippen molar-refractivity contribution in [3.05, 3.63) is 65.2 Å². The fourth-order valence-corrected chi connectivity index (χ4v) is 3.14. The summed E-state index contributed by atoms with van der Waals surface area (Å²) in [4.78, 5) is 50.3. The Morgan fingerprint density at radius 1 is 1.10 bits per heavy atom. The number of carbonyl (C=O) groups is 4. The Balaban J connectivity index is 1.74. The van der Waals surface area contributed by atoms with Crippen molar-refractivity contribution < 1.29 is 19.2 Å². The molecular weight excluding hydrogens is 384 g/mol. The van der Waals surface area contributed by atoms with Crippen molar-refractivity contribution in [2.24, 2.45) is 0 Å². The van der Waals surface area contributed by atoms with Crippen LogP contribution in [-0.4, -0.2) is 35.1 Å². The molecule has 8 heteroatoms. The number of nitrogens with zero attached hydrogens (tertiary/aromatic N) is 2. The number of carbonyl (C=O) groups excluding carboxylic acids is 4. The van der Waals surface area contributed by atoms with Gasteiger partial charge < -0.3 is 10.6 Å². The second kappa shape index (κ2) is 8.17. The highest BCUT2D eigenvalue weighted by Gasteiger charge is 2.49. The van der Waals surface area contributed by atoms with Crippen LogP contribution in [0.25, 0.3) is 0 Å². The van der Waals surface area contributed by atoms with Crippen LogP contribution in [0.5, 0.6) is 0 Å². The van der Waals surface area contributed by atoms with Crippen molar-refractivity contribution in [3.63, 3.8) is 0 Å². The van der Waals surface area contributed by atoms with Crippen LogP contribution in [0, 0.1) is 11.3 Å². The van der Waals surface area contributed by atoms with Crippen LogP contribution in [0.4, 0.5) is 10.5 Å². The molecule has 0 unspecified atom stereocenters. The number of nitriles is 1. The van der Waals surface area contributed by atoms with E-state index in [4.69, 9.17) is 5.26 Å². The van der Waals surface area contributed by atoms with Crippen LogP contribution < -0.4 is 10.6 Å². The molecule has 4 amide bonds. The van der Waals surface area contributed by atoms with E-state index in [2.05, 4.69) is 10.6 Å². The van der Waals surface area contributed by atoms with Gasteiger partial charge in [-0.3, -0.25) is 19.3 Å². The van der Waals surface area contributed by atoms with Crippen molar-refractivity contribution in [2.75, 3.05) is 11.9 Å². The second-order valence-corrected chi connectivity index (χ2v) is 7.04. The van der Waals surface area contributed by atoms with Gasteiger partial charge in [0.25, 0.3) is 5.91 Å². The number of anilines is 1. The van der Waals surface area contributed by atoms with Gasteiger partial charge in [0.2, 0.25) is 5.91 Å². The lowest BCUT2D eigenvalue weighted by molar-refractivity contribution is -0.130. The van der Waals surface area contributed by atoms with Crippen LogP contribution in [0.2, 0.25) is 0 Å². The summed E-state index contributed by atoms with van der Waals surface area (Å²) >= 11 is 0. The zero-order chi connectivity index (χ0) is 21.9. The zero-order valence-corrected chi connectivity index (χ0v) is 16.6. The quantitative estimate of drug-likeness (QED) is 0.566. The predicted octanol–water partition coefficient (Wildman–Crippen LogP) is 2.56. The number of hydrogen-bond acceptors (Lipinski definition) is 5. The highest BCUT2D eigenvalue weighted by atomic mass is 16.2. The van der Waals surface area contributed by atoms with Gasteiger partial charge in [-0.15, -0.1) is 0 Å². The first-order valence-electron chi connectivity index (χ1n) is 9.36. The van der Waals surface area contributed by atoms with E-state index in [1.807, 2.05) is 6.07 Å². The second-order valence-electron chi connectivity index (χ2n) is 7.04. The molecule has 1 atom stereocenters. The van der Waals surface area contributed by atoms with Crippen LogP contribution in [0.15, 0.2) is 48.5 Å². The Labute approximate surface area is 173 Å². The summed E-state index contributed by atoms with van der Waals surface area (Å²) in [6.07, 6.45) is 0.338. The Morgan fingerprint density at radius 3 is 2.30 bits per heavy atom. The maximum absolute atomic E-state index is 12.9. The molecule has 8 nitrogen and oxygen atoms in total. The number of benzene rings is 2. The first kappa shape index (κ1) is 20.7. The maximum Gasteiger partial charge on any atom is 0.325 e. The third-order valence-electron chi connectivity index (χ3n) is 4.98. The largest absolute Gasteiger partial charge is 0.326 e. The molecule has 3 rings (SSSR count). The molecule has 0 aromatic heterocycles. The van der Waals surface area contributed by atoms with E-state index in [0.29, 0.717) is 28.8 Å². The monoisotopic (exact) mass is 404 g/mol. The average molecular weight is 404 g/mol. The smallest absolute Gasteiger partial charge is 0.325 e. The minimum atomic E-state index is -1.32. The highest BCUT2D eigenvalue weighted by molar-refractivity contribution is 6.11. The molecule has 0 saturated carbocycles. The van der Waals surface area contributed by atoms with Crippen molar-refractivity contribution >= 4 is 29.3 Å². The van der Waals surface area contributed by atoms with Gasteiger partial charge in [0, 0.05) is 17.7 Å². The van der Waals surface area contributed by atoms with Gasteiger partial charge >= 0.3 is 6.03 Å². The molecule has 0 aliphatic carbocycles. The number of ketones is 1. The van der Waals surface area contributed by atoms with E-state index in [0.717, 1.165) is 4.90 Å². The third kappa shape index (κ3) is 3.91. The minimum absolute atomic E-state index is 0.143. The molecule has 1 fully saturated rings. The van der Waals surface area contributed by atoms with E-state index >= 15 is 0 Å². The average Bonchev–Trinajstić information content (AvgIpc) is 2.98. The van der Waals surface area contributed by atoms with Crippen molar-refractivity contribution in [2.45, 2.75) is 25.8 Å². The molecule has 1 aliphatic heterocycles. The molecule has 2 N–H and O–H groups in total. The van der Waals surface area contributed by atoms with Gasteiger partial charge in [0.15, 0.2) is 5.78 Å². The molecular formula is C22H20N4O4. The van der Waals surface area contributed by atoms with Gasteiger partial charge in [-0.1, -0.05) is 19.1 Å². The number of rotatable bonds is 6. The van der Waals surface area contributed by atoms with Gasteiger partial charge in [-0.2, -0.15) is 5.26 Å². The van der Waals surface area contributed by atoms with Crippen molar-refractivity contribution in [1.29, 1.82) is 5.26 Å². The third-order valence-corrected chi connectivity index (χ3v) is 4.98. The normalized spacial score (nSPS) is 18.0. The molecule has 30 heavy (non-hydrogen) atoms. The minimum Gasteiger partial charge on any atom is -0.326 e. The maximum atomic E-state index is 12.9. The first-order chi connectivity index (χ1) is 14.3. The number of Topliss-reactive ketones (excluding diaryl/α,β-unsaturated/α-hetero) is 1. The van der Waals surface area contributed by atoms with Crippen LogP contribution in [-0.2, 0) is 15.1 Å². The molecule has 2 aromatic rings. The van der Waals surface area contributed by atoms with Crippen molar-refractivity contribution in [3.8, 4) is 6.07 Å². The van der Waals surface area contributed by atoms with E-state index in [1.165, 1.54) is 12.1 Å². The summed E-state index contributed by atoms with van der Waals surface area (Å²) < 4.78 is 0. The molecule has 0 radical (unpaired) electrons. The van der Waals surface area contributed by atoms with Gasteiger partial charge in [0.05, 0.1) is 18.2 Å². The molecule has 1 saturated heterocycles. The predicted molar refractivity (Wildman–Crippen MR) is 108 cm³/mol. The molecule has 2 aromatic carbocycles. The number of nitrogens with one attached hydrogen (secondary N) is 2. The summed E-state index contributed by atoms with van der Waals surface area (Å²) in [6, 6.07) is 13.9. The van der Waals surface area contributed by atoms with Gasteiger partial charge in [-0.05, 0) is 48.9 Å². The molecule has 152 valence electrons. The van der Waals surface area contributed by atoms with Crippen LogP contribution in [0.1, 0.15) is 41.8 Å². The van der Waals surface area contributed by atoms with Gasteiger partial charge in [0.1, 0.15) is 5.54 Å². The lowest BCUT2D eigenvalue weighted by Gasteiger charge is -2.22. The molecule has 0 spiro atoms. The Morgan fingerprint density at radius 2 is 1.73 bits per heavy atom. The molecule has 1 aliphatic rings. The van der Waals surface area contributed by atoms with E-state index in [-0.39, 0.29) is 5.91 Å². The lowest BCUT2D eigenvalue weighted by Crippen LogP contribution is -2.41. The number of amides is 4. The first-order valence-corrected chi connectivity index (χ1v) is 9.36. The Hall–Kier alpha value is -3.99. The van der Waals surface area contributed by atoms with Crippen LogP contribution >= 0.6 is 0 Å². The van der Waals surface area contributed by atoms with Gasteiger partial charge in [-0.25, -0.2) is 4.79 Å². The molecule has 1 heterocycles. The van der Waals surface area contributed by atoms with E-state index < -0.39 is 29.8 Å².